The van der Waals surface area contributed by atoms with Gasteiger partial charge in [-0.15, -0.1) is 0 Å². The molecule has 0 saturated heterocycles. The van der Waals surface area contributed by atoms with E-state index in [1.54, 1.807) is 0 Å². The van der Waals surface area contributed by atoms with Crippen LogP contribution in [0.15, 0.2) is 12.3 Å². The number of hydrogen-bond acceptors (Lipinski definition) is 2. The van der Waals surface area contributed by atoms with Gasteiger partial charge in [0.05, 0.1) is 5.56 Å². The maximum Gasteiger partial charge on any atom is 0.434 e. The van der Waals surface area contributed by atoms with Gasteiger partial charge in [0.15, 0.2) is 5.69 Å². The van der Waals surface area contributed by atoms with Gasteiger partial charge in [0.1, 0.15) is 6.07 Å². The van der Waals surface area contributed by atoms with Crippen molar-refractivity contribution in [2.75, 3.05) is 0 Å². The highest BCUT2D eigenvalue weighted by Gasteiger charge is 2.35. The molecule has 1 heterocycles. The Morgan fingerprint density at radius 3 is 2.46 bits per heavy atom. The molecule has 13 heavy (non-hydrogen) atoms. The first-order valence-electron chi connectivity index (χ1n) is 3.39. The van der Waals surface area contributed by atoms with E-state index in [2.05, 4.69) is 4.98 Å². The van der Waals surface area contributed by atoms with Crippen LogP contribution < -0.4 is 0 Å². The zero-order valence-corrected chi connectivity index (χ0v) is 6.68. The second-order valence-corrected chi connectivity index (χ2v) is 2.46. The summed E-state index contributed by atoms with van der Waals surface area (Å²) in [5, 5.41) is 8.47. The highest BCUT2D eigenvalue weighted by molar-refractivity contribution is 5.40. The summed E-state index contributed by atoms with van der Waals surface area (Å²) in [5.74, 6) is 0. The molecule has 1 aromatic heterocycles. The molecular formula is C8H5F3N2. The Hall–Kier alpha value is -1.57. The molecule has 0 aliphatic carbocycles. The Labute approximate surface area is 72.6 Å². The summed E-state index contributed by atoms with van der Waals surface area (Å²) >= 11 is 0. The lowest BCUT2D eigenvalue weighted by molar-refractivity contribution is -0.141. The zero-order chi connectivity index (χ0) is 10.1. The summed E-state index contributed by atoms with van der Waals surface area (Å²) in [5.41, 5.74) is -1.24. The first-order valence-corrected chi connectivity index (χ1v) is 3.39. The molecule has 0 bridgehead atoms. The summed E-state index contributed by atoms with van der Waals surface area (Å²) in [6.45, 7) is 1.44. The van der Waals surface area contributed by atoms with Crippen molar-refractivity contribution in [3.63, 3.8) is 0 Å². The molecule has 2 nitrogen and oxygen atoms in total. The van der Waals surface area contributed by atoms with Gasteiger partial charge in [-0.1, -0.05) is 0 Å². The first kappa shape index (κ1) is 9.52. The molecule has 0 N–H and O–H groups in total. The van der Waals surface area contributed by atoms with Gasteiger partial charge in [-0.25, -0.2) is 0 Å². The van der Waals surface area contributed by atoms with Crippen LogP contribution in [-0.2, 0) is 6.18 Å². The molecule has 0 fully saturated rings. The Morgan fingerprint density at radius 1 is 1.46 bits per heavy atom. The molecule has 0 atom stereocenters. The van der Waals surface area contributed by atoms with Gasteiger partial charge >= 0.3 is 6.18 Å². The molecule has 0 saturated carbocycles. The number of aryl methyl sites for hydroxylation is 1. The average Bonchev–Trinajstić information content (AvgIpc) is 2.02. The highest BCUT2D eigenvalue weighted by Crippen LogP contribution is 2.30. The maximum atomic E-state index is 12.2. The van der Waals surface area contributed by atoms with E-state index in [0.717, 1.165) is 6.20 Å². The highest BCUT2D eigenvalue weighted by atomic mass is 19.4. The van der Waals surface area contributed by atoms with Gasteiger partial charge in [0.2, 0.25) is 0 Å². The van der Waals surface area contributed by atoms with E-state index in [1.165, 1.54) is 19.1 Å². The Bertz CT molecular complexity index is 363. The first-order chi connectivity index (χ1) is 5.96. The predicted molar refractivity (Wildman–Crippen MR) is 38.7 cm³/mol. The normalized spacial score (nSPS) is 11.0. The largest absolute Gasteiger partial charge is 0.434 e. The molecule has 0 aliphatic heterocycles. The summed E-state index contributed by atoms with van der Waals surface area (Å²) < 4.78 is 36.6. The average molecular weight is 186 g/mol. The fraction of sp³-hybridized carbons (Fsp3) is 0.250. The van der Waals surface area contributed by atoms with Crippen LogP contribution in [0.3, 0.4) is 0 Å². The predicted octanol–water partition coefficient (Wildman–Crippen LogP) is 2.28. The minimum atomic E-state index is -4.56. The molecule has 0 spiro atoms. The van der Waals surface area contributed by atoms with Crippen molar-refractivity contribution in [3.8, 4) is 6.07 Å². The monoisotopic (exact) mass is 186 g/mol. The van der Waals surface area contributed by atoms with Crippen molar-refractivity contribution in [2.45, 2.75) is 13.1 Å². The molecule has 0 unspecified atom stereocenters. The van der Waals surface area contributed by atoms with Crippen LogP contribution in [0, 0.1) is 18.3 Å². The van der Waals surface area contributed by atoms with Crippen LogP contribution in [-0.4, -0.2) is 4.98 Å². The smallest absolute Gasteiger partial charge is 0.250 e. The van der Waals surface area contributed by atoms with Crippen molar-refractivity contribution < 1.29 is 13.2 Å². The summed E-state index contributed by atoms with van der Waals surface area (Å²) in [6.07, 6.45) is -3.52. The third kappa shape index (κ3) is 1.78. The van der Waals surface area contributed by atoms with Crippen LogP contribution in [0.2, 0.25) is 0 Å². The molecule has 5 heteroatoms. The van der Waals surface area contributed by atoms with Gasteiger partial charge in [0, 0.05) is 6.20 Å². The van der Waals surface area contributed by atoms with Gasteiger partial charge < -0.3 is 0 Å². The number of nitriles is 1. The molecule has 1 aromatic rings. The number of rotatable bonds is 0. The minimum Gasteiger partial charge on any atom is -0.250 e. The van der Waals surface area contributed by atoms with Crippen molar-refractivity contribution in [1.29, 1.82) is 5.26 Å². The summed E-state index contributed by atoms with van der Waals surface area (Å²) in [6, 6.07) is 2.86. The molecule has 68 valence electrons. The number of halogens is 3. The van der Waals surface area contributed by atoms with Crippen LogP contribution in [0.1, 0.15) is 16.8 Å². The van der Waals surface area contributed by atoms with E-state index in [4.69, 9.17) is 5.26 Å². The number of aromatic nitrogens is 1. The lowest BCUT2D eigenvalue weighted by atomic mass is 10.1. The SMILES string of the molecule is Cc1ccnc(C(F)(F)F)c1C#N. The number of alkyl halides is 3. The molecule has 0 aliphatic rings. The molecular weight excluding hydrogens is 181 g/mol. The Morgan fingerprint density at radius 2 is 2.08 bits per heavy atom. The lowest BCUT2D eigenvalue weighted by Gasteiger charge is -2.07. The van der Waals surface area contributed by atoms with E-state index in [-0.39, 0.29) is 5.56 Å². The Balaban J connectivity index is 3.40. The molecule has 0 radical (unpaired) electrons. The van der Waals surface area contributed by atoms with E-state index < -0.39 is 17.4 Å². The molecule has 1 rings (SSSR count). The van der Waals surface area contributed by atoms with Gasteiger partial charge in [0.25, 0.3) is 0 Å². The number of hydrogen-bond donors (Lipinski definition) is 0. The fourth-order valence-electron chi connectivity index (χ4n) is 0.914. The third-order valence-electron chi connectivity index (χ3n) is 1.54. The van der Waals surface area contributed by atoms with Gasteiger partial charge in [-0.3, -0.25) is 4.98 Å². The van der Waals surface area contributed by atoms with Crippen molar-refractivity contribution in [3.05, 3.63) is 29.1 Å². The van der Waals surface area contributed by atoms with Crippen molar-refractivity contribution in [1.82, 2.24) is 4.98 Å². The fourth-order valence-corrected chi connectivity index (χ4v) is 0.914. The van der Waals surface area contributed by atoms with E-state index in [1.807, 2.05) is 0 Å². The van der Waals surface area contributed by atoms with Crippen molar-refractivity contribution >= 4 is 0 Å². The van der Waals surface area contributed by atoms with E-state index in [9.17, 15) is 13.2 Å². The molecule has 0 aromatic carbocycles. The summed E-state index contributed by atoms with van der Waals surface area (Å²) in [7, 11) is 0. The number of nitrogens with zero attached hydrogens (tertiary/aromatic N) is 2. The Kier molecular flexibility index (Phi) is 2.24. The van der Waals surface area contributed by atoms with E-state index >= 15 is 0 Å². The summed E-state index contributed by atoms with van der Waals surface area (Å²) in [4.78, 5) is 3.13. The van der Waals surface area contributed by atoms with Crippen molar-refractivity contribution in [2.24, 2.45) is 0 Å². The quantitative estimate of drug-likeness (QED) is 0.623. The lowest BCUT2D eigenvalue weighted by Crippen LogP contribution is -2.11. The standard InChI is InChI=1S/C8H5F3N2/c1-5-2-3-13-7(6(5)4-12)8(9,10)11/h2-3H,1H3. The number of pyridine rings is 1. The topological polar surface area (TPSA) is 36.7 Å². The zero-order valence-electron chi connectivity index (χ0n) is 6.68. The van der Waals surface area contributed by atoms with E-state index in [0.29, 0.717) is 0 Å². The van der Waals surface area contributed by atoms with Crippen LogP contribution in [0.5, 0.6) is 0 Å². The minimum absolute atomic E-state index is 0.282. The second-order valence-electron chi connectivity index (χ2n) is 2.46. The molecule has 0 amide bonds. The van der Waals surface area contributed by atoms with Crippen LogP contribution in [0.25, 0.3) is 0 Å². The van der Waals surface area contributed by atoms with Gasteiger partial charge in [-0.2, -0.15) is 18.4 Å². The van der Waals surface area contributed by atoms with Crippen LogP contribution in [0.4, 0.5) is 13.2 Å². The third-order valence-corrected chi connectivity index (χ3v) is 1.54. The second kappa shape index (κ2) is 3.05. The van der Waals surface area contributed by atoms with Gasteiger partial charge in [-0.05, 0) is 18.6 Å². The maximum absolute atomic E-state index is 12.2. The van der Waals surface area contributed by atoms with Crippen LogP contribution >= 0.6 is 0 Å².